The van der Waals surface area contributed by atoms with E-state index in [1.165, 1.54) is 6.07 Å². The molecule has 1 fully saturated rings. The second kappa shape index (κ2) is 8.10. The molecule has 2 aliphatic rings. The number of piperidine rings is 1. The summed E-state index contributed by atoms with van der Waals surface area (Å²) in [6.07, 6.45) is 2.96. The third-order valence-electron chi connectivity index (χ3n) is 6.22. The lowest BCUT2D eigenvalue weighted by Gasteiger charge is -2.34. The summed E-state index contributed by atoms with van der Waals surface area (Å²) < 4.78 is 11.6. The summed E-state index contributed by atoms with van der Waals surface area (Å²) in [6, 6.07) is 10.6. The van der Waals surface area contributed by atoms with Gasteiger partial charge in [0.2, 0.25) is 0 Å². The van der Waals surface area contributed by atoms with E-state index in [1.54, 1.807) is 6.07 Å². The van der Waals surface area contributed by atoms with Crippen molar-refractivity contribution >= 4 is 22.7 Å². The predicted molar refractivity (Wildman–Crippen MR) is 122 cm³/mol. The number of phenolic OH excluding ortho intramolecular Hbond substituents is 1. The first kappa shape index (κ1) is 21.3. The number of aromatic amines is 1. The molecule has 0 unspecified atom stereocenters. The number of carbonyl (C=O) groups is 2. The Morgan fingerprint density at radius 3 is 2.94 bits per heavy atom. The Balaban J connectivity index is 1.33. The number of amides is 1. The average molecular weight is 450 g/mol. The van der Waals surface area contributed by atoms with Gasteiger partial charge in [0.25, 0.3) is 5.91 Å². The van der Waals surface area contributed by atoms with Gasteiger partial charge in [-0.15, -0.1) is 0 Å². The van der Waals surface area contributed by atoms with Crippen LogP contribution in [-0.4, -0.2) is 50.4 Å². The number of benzene rings is 2. The van der Waals surface area contributed by atoms with Crippen LogP contribution in [0.5, 0.6) is 17.2 Å². The van der Waals surface area contributed by atoms with Crippen LogP contribution in [0.4, 0.5) is 0 Å². The van der Waals surface area contributed by atoms with Crippen LogP contribution >= 0.6 is 0 Å². The van der Waals surface area contributed by atoms with E-state index >= 15 is 0 Å². The van der Waals surface area contributed by atoms with Crippen molar-refractivity contribution in [2.45, 2.75) is 51.2 Å². The number of rotatable bonds is 4. The largest absolute Gasteiger partial charge is 0.507 e. The molecule has 1 atom stereocenters. The van der Waals surface area contributed by atoms with Crippen molar-refractivity contribution in [2.24, 2.45) is 0 Å². The highest BCUT2D eigenvalue weighted by Crippen LogP contribution is 2.41. The SMILES string of the molecule is CC1(C)CC(=O)c2c(O)cc(OCC(=O)N3CCCC[C@@H]3c3nc4ccccc4[nH]3)cc2O1. The molecule has 0 spiro atoms. The lowest BCUT2D eigenvalue weighted by molar-refractivity contribution is -0.137. The highest BCUT2D eigenvalue weighted by Gasteiger charge is 2.35. The van der Waals surface area contributed by atoms with Crippen LogP contribution in [-0.2, 0) is 4.79 Å². The highest BCUT2D eigenvalue weighted by atomic mass is 16.5. The quantitative estimate of drug-likeness (QED) is 0.620. The summed E-state index contributed by atoms with van der Waals surface area (Å²) in [4.78, 5) is 35.4. The van der Waals surface area contributed by atoms with E-state index in [-0.39, 0.29) is 53.6 Å². The number of Topliss-reactive ketones (excluding diaryl/α,β-unsaturated/α-hetero) is 1. The molecule has 5 rings (SSSR count). The van der Waals surface area contributed by atoms with Gasteiger partial charge in [-0.1, -0.05) is 12.1 Å². The number of hydrogen-bond donors (Lipinski definition) is 2. The Hall–Kier alpha value is -3.55. The molecule has 172 valence electrons. The standard InChI is InChI=1S/C25H27N3O5/c1-25(2)13-20(30)23-19(29)11-15(12-21(23)33-25)32-14-22(31)28-10-6-5-9-18(28)24-26-16-7-3-4-8-17(16)27-24/h3-4,7-8,11-12,18,29H,5-6,9-10,13-14H2,1-2H3,(H,26,27)/t18-/m1/s1. The van der Waals surface area contributed by atoms with E-state index in [0.717, 1.165) is 36.1 Å². The first-order valence-corrected chi connectivity index (χ1v) is 11.3. The molecule has 0 saturated carbocycles. The van der Waals surface area contributed by atoms with Gasteiger partial charge in [-0.05, 0) is 45.2 Å². The lowest BCUT2D eigenvalue weighted by Crippen LogP contribution is -2.41. The Bertz CT molecular complexity index is 1200. The number of hydrogen-bond acceptors (Lipinski definition) is 6. The third kappa shape index (κ3) is 4.13. The summed E-state index contributed by atoms with van der Waals surface area (Å²) >= 11 is 0. The van der Waals surface area contributed by atoms with E-state index in [0.29, 0.717) is 6.54 Å². The number of H-pyrrole nitrogens is 1. The maximum atomic E-state index is 13.1. The van der Waals surface area contributed by atoms with Crippen LogP contribution < -0.4 is 9.47 Å². The van der Waals surface area contributed by atoms with Crippen LogP contribution in [0.2, 0.25) is 0 Å². The fourth-order valence-corrected chi connectivity index (χ4v) is 4.70. The van der Waals surface area contributed by atoms with Crippen molar-refractivity contribution in [3.05, 3.63) is 47.8 Å². The molecule has 0 aliphatic carbocycles. The molecule has 0 bridgehead atoms. The summed E-state index contributed by atoms with van der Waals surface area (Å²) in [5.74, 6) is 0.802. The maximum Gasteiger partial charge on any atom is 0.261 e. The number of likely N-dealkylation sites (tertiary alicyclic amines) is 1. The highest BCUT2D eigenvalue weighted by molar-refractivity contribution is 6.03. The zero-order valence-electron chi connectivity index (χ0n) is 18.8. The lowest BCUT2D eigenvalue weighted by atomic mass is 9.92. The predicted octanol–water partition coefficient (Wildman–Crippen LogP) is 4.14. The number of carbonyl (C=O) groups excluding carboxylic acids is 2. The number of para-hydroxylation sites is 2. The van der Waals surface area contributed by atoms with Gasteiger partial charge in [0.05, 0.1) is 23.5 Å². The van der Waals surface area contributed by atoms with E-state index in [9.17, 15) is 14.7 Å². The van der Waals surface area contributed by atoms with Crippen molar-refractivity contribution in [1.29, 1.82) is 0 Å². The number of nitrogens with one attached hydrogen (secondary N) is 1. The minimum absolute atomic E-state index is 0.138. The van der Waals surface area contributed by atoms with Gasteiger partial charge >= 0.3 is 0 Å². The van der Waals surface area contributed by atoms with Gasteiger partial charge in [0.1, 0.15) is 34.2 Å². The van der Waals surface area contributed by atoms with Crippen LogP contribution in [0.3, 0.4) is 0 Å². The smallest absolute Gasteiger partial charge is 0.261 e. The second-order valence-electron chi connectivity index (χ2n) is 9.30. The zero-order valence-corrected chi connectivity index (χ0v) is 18.8. The van der Waals surface area contributed by atoms with Gasteiger partial charge in [0.15, 0.2) is 12.4 Å². The number of fused-ring (bicyclic) bond motifs is 2. The van der Waals surface area contributed by atoms with Crippen molar-refractivity contribution in [3.8, 4) is 17.2 Å². The summed E-state index contributed by atoms with van der Waals surface area (Å²) in [5, 5.41) is 10.4. The first-order chi connectivity index (χ1) is 15.8. The van der Waals surface area contributed by atoms with Gasteiger partial charge < -0.3 is 24.5 Å². The molecule has 1 saturated heterocycles. The number of phenols is 1. The Kier molecular flexibility index (Phi) is 5.23. The van der Waals surface area contributed by atoms with Gasteiger partial charge in [0, 0.05) is 18.7 Å². The van der Waals surface area contributed by atoms with Gasteiger partial charge in [-0.25, -0.2) is 4.98 Å². The van der Waals surface area contributed by atoms with Crippen LogP contribution in [0.1, 0.15) is 61.8 Å². The molecule has 8 nitrogen and oxygen atoms in total. The maximum absolute atomic E-state index is 13.1. The normalized spacial score (nSPS) is 19.8. The van der Waals surface area contributed by atoms with Crippen LogP contribution in [0.15, 0.2) is 36.4 Å². The fourth-order valence-electron chi connectivity index (χ4n) is 4.70. The fraction of sp³-hybridized carbons (Fsp3) is 0.400. The second-order valence-corrected chi connectivity index (χ2v) is 9.30. The van der Waals surface area contributed by atoms with Crippen LogP contribution in [0, 0.1) is 0 Å². The van der Waals surface area contributed by atoms with Crippen LogP contribution in [0.25, 0.3) is 11.0 Å². The van der Waals surface area contributed by atoms with Crippen molar-refractivity contribution in [1.82, 2.24) is 14.9 Å². The molecule has 2 aliphatic heterocycles. The molecule has 1 amide bonds. The van der Waals surface area contributed by atoms with E-state index in [2.05, 4.69) is 4.98 Å². The number of imidazole rings is 1. The molecule has 8 heteroatoms. The minimum Gasteiger partial charge on any atom is -0.507 e. The molecular weight excluding hydrogens is 422 g/mol. The third-order valence-corrected chi connectivity index (χ3v) is 6.22. The number of nitrogens with zero attached hydrogens (tertiary/aromatic N) is 2. The molecule has 3 aromatic rings. The Morgan fingerprint density at radius 2 is 2.12 bits per heavy atom. The van der Waals surface area contributed by atoms with Gasteiger partial charge in [-0.2, -0.15) is 0 Å². The molecule has 2 aromatic carbocycles. The summed E-state index contributed by atoms with van der Waals surface area (Å²) in [7, 11) is 0. The van der Waals surface area contributed by atoms with E-state index < -0.39 is 5.60 Å². The molecule has 33 heavy (non-hydrogen) atoms. The summed E-state index contributed by atoms with van der Waals surface area (Å²) in [5.41, 5.74) is 1.32. The van der Waals surface area contributed by atoms with E-state index in [4.69, 9.17) is 14.5 Å². The molecule has 3 heterocycles. The number of aromatic nitrogens is 2. The Labute approximate surface area is 191 Å². The first-order valence-electron chi connectivity index (χ1n) is 11.3. The molecule has 2 N–H and O–H groups in total. The van der Waals surface area contributed by atoms with Crippen molar-refractivity contribution in [3.63, 3.8) is 0 Å². The Morgan fingerprint density at radius 1 is 1.30 bits per heavy atom. The molecular formula is C25H27N3O5. The monoisotopic (exact) mass is 449 g/mol. The molecule has 1 aromatic heterocycles. The molecule has 0 radical (unpaired) electrons. The number of aromatic hydroxyl groups is 1. The minimum atomic E-state index is -0.668. The van der Waals surface area contributed by atoms with Crippen molar-refractivity contribution < 1.29 is 24.2 Å². The number of ether oxygens (including phenoxy) is 2. The summed E-state index contributed by atoms with van der Waals surface area (Å²) in [6.45, 7) is 4.07. The topological polar surface area (TPSA) is 105 Å². The number of ketones is 1. The van der Waals surface area contributed by atoms with Gasteiger partial charge in [-0.3, -0.25) is 9.59 Å². The zero-order chi connectivity index (χ0) is 23.2. The van der Waals surface area contributed by atoms with E-state index in [1.807, 2.05) is 43.0 Å². The van der Waals surface area contributed by atoms with Crippen molar-refractivity contribution in [2.75, 3.05) is 13.2 Å². The average Bonchev–Trinajstić information content (AvgIpc) is 3.20.